The monoisotopic (exact) mass is 300 g/mol. The number of anilines is 1. The highest BCUT2D eigenvalue weighted by Gasteiger charge is 2.15. The van der Waals surface area contributed by atoms with Gasteiger partial charge in [0.05, 0.1) is 12.8 Å². The van der Waals surface area contributed by atoms with E-state index >= 15 is 0 Å². The molecule has 2 aromatic rings. The van der Waals surface area contributed by atoms with Crippen LogP contribution in [-0.2, 0) is 11.3 Å². The van der Waals surface area contributed by atoms with E-state index in [0.29, 0.717) is 12.4 Å². The van der Waals surface area contributed by atoms with Crippen molar-refractivity contribution in [3.63, 3.8) is 0 Å². The number of methoxy groups -OCH3 is 1. The van der Waals surface area contributed by atoms with E-state index in [9.17, 15) is 4.79 Å². The first-order valence-electron chi connectivity index (χ1n) is 7.02. The molecule has 0 spiro atoms. The zero-order valence-corrected chi connectivity index (χ0v) is 13.3. The van der Waals surface area contributed by atoms with Crippen LogP contribution in [0.3, 0.4) is 0 Å². The fraction of sp³-hybridized carbons (Fsp3) is 0.294. The molecule has 0 unspecified atom stereocenters. The Morgan fingerprint density at radius 3 is 2.45 bits per heavy atom. The van der Waals surface area contributed by atoms with Gasteiger partial charge in [-0.1, -0.05) is 30.3 Å². The summed E-state index contributed by atoms with van der Waals surface area (Å²) in [5.41, 5.74) is 3.63. The topological polar surface area (TPSA) is 60.5 Å². The highest BCUT2D eigenvalue weighted by atomic mass is 16.5. The molecule has 5 heteroatoms. The van der Waals surface area contributed by atoms with Crippen molar-refractivity contribution in [3.05, 3.63) is 52.7 Å². The SMILES string of the molecule is COC(=O)Nc1nc(C)c(OCc2ccccc2)c(C)c1C. The van der Waals surface area contributed by atoms with Crippen LogP contribution < -0.4 is 10.1 Å². The van der Waals surface area contributed by atoms with Crippen molar-refractivity contribution in [2.24, 2.45) is 0 Å². The summed E-state index contributed by atoms with van der Waals surface area (Å²) in [6.07, 6.45) is -0.535. The maximum Gasteiger partial charge on any atom is 0.412 e. The Bertz CT molecular complexity index is 669. The molecule has 0 atom stereocenters. The lowest BCUT2D eigenvalue weighted by Gasteiger charge is -2.16. The van der Waals surface area contributed by atoms with Crippen LogP contribution >= 0.6 is 0 Å². The summed E-state index contributed by atoms with van der Waals surface area (Å²) in [7, 11) is 1.32. The van der Waals surface area contributed by atoms with Gasteiger partial charge in [0.25, 0.3) is 0 Å². The molecule has 116 valence electrons. The number of nitrogens with one attached hydrogen (secondary N) is 1. The van der Waals surface area contributed by atoms with Crippen molar-refractivity contribution in [2.45, 2.75) is 27.4 Å². The van der Waals surface area contributed by atoms with E-state index in [0.717, 1.165) is 28.1 Å². The van der Waals surface area contributed by atoms with Crippen molar-refractivity contribution in [1.82, 2.24) is 4.98 Å². The number of aromatic nitrogens is 1. The molecule has 1 amide bonds. The number of nitrogens with zero attached hydrogens (tertiary/aromatic N) is 1. The number of hydrogen-bond donors (Lipinski definition) is 1. The molecule has 0 aliphatic heterocycles. The zero-order chi connectivity index (χ0) is 16.1. The van der Waals surface area contributed by atoms with Gasteiger partial charge in [-0.15, -0.1) is 0 Å². The quantitative estimate of drug-likeness (QED) is 0.934. The van der Waals surface area contributed by atoms with Gasteiger partial charge in [-0.2, -0.15) is 0 Å². The van der Waals surface area contributed by atoms with Crippen molar-refractivity contribution < 1.29 is 14.3 Å². The minimum atomic E-state index is -0.535. The van der Waals surface area contributed by atoms with Crippen LogP contribution in [0.2, 0.25) is 0 Å². The third kappa shape index (κ3) is 3.55. The van der Waals surface area contributed by atoms with Crippen molar-refractivity contribution in [2.75, 3.05) is 12.4 Å². The number of rotatable bonds is 4. The molecule has 1 N–H and O–H groups in total. The van der Waals surface area contributed by atoms with E-state index in [-0.39, 0.29) is 0 Å². The highest BCUT2D eigenvalue weighted by Crippen LogP contribution is 2.29. The van der Waals surface area contributed by atoms with Crippen molar-refractivity contribution in [3.8, 4) is 5.75 Å². The summed E-state index contributed by atoms with van der Waals surface area (Å²) >= 11 is 0. The Balaban J connectivity index is 2.22. The second kappa shape index (κ2) is 6.93. The Hall–Kier alpha value is -2.56. The van der Waals surface area contributed by atoms with Crippen molar-refractivity contribution in [1.29, 1.82) is 0 Å². The number of hydrogen-bond acceptors (Lipinski definition) is 4. The Morgan fingerprint density at radius 2 is 1.82 bits per heavy atom. The number of amides is 1. The van der Waals surface area contributed by atoms with Gasteiger partial charge in [0, 0.05) is 0 Å². The molecule has 0 radical (unpaired) electrons. The van der Waals surface area contributed by atoms with Gasteiger partial charge in [-0.05, 0) is 37.5 Å². The van der Waals surface area contributed by atoms with Gasteiger partial charge in [0.2, 0.25) is 0 Å². The predicted molar refractivity (Wildman–Crippen MR) is 85.2 cm³/mol. The standard InChI is InChI=1S/C17H20N2O3/c1-11-12(2)16(19-17(20)21-4)18-13(3)15(11)22-10-14-8-6-5-7-9-14/h5-9H,10H2,1-4H3,(H,18,19,20). The summed E-state index contributed by atoms with van der Waals surface area (Å²) in [6, 6.07) is 9.95. The van der Waals surface area contributed by atoms with Gasteiger partial charge in [0.1, 0.15) is 18.2 Å². The third-order valence-corrected chi connectivity index (χ3v) is 3.50. The van der Waals surface area contributed by atoms with E-state index in [2.05, 4.69) is 15.0 Å². The lowest BCUT2D eigenvalue weighted by Crippen LogP contribution is -2.15. The molecule has 1 heterocycles. The summed E-state index contributed by atoms with van der Waals surface area (Å²) in [4.78, 5) is 15.7. The summed E-state index contributed by atoms with van der Waals surface area (Å²) in [6.45, 7) is 6.18. The Labute approximate surface area is 130 Å². The smallest absolute Gasteiger partial charge is 0.412 e. The van der Waals surface area contributed by atoms with Gasteiger partial charge >= 0.3 is 6.09 Å². The molecule has 0 aliphatic carbocycles. The van der Waals surface area contributed by atoms with Gasteiger partial charge in [-0.25, -0.2) is 9.78 Å². The van der Waals surface area contributed by atoms with E-state index < -0.39 is 6.09 Å². The van der Waals surface area contributed by atoms with E-state index in [4.69, 9.17) is 4.74 Å². The summed E-state index contributed by atoms with van der Waals surface area (Å²) in [5.74, 6) is 1.24. The molecule has 0 saturated heterocycles. The van der Waals surface area contributed by atoms with E-state index in [1.54, 1.807) is 0 Å². The first kappa shape index (κ1) is 15.8. The first-order chi connectivity index (χ1) is 10.5. The van der Waals surface area contributed by atoms with Gasteiger partial charge in [-0.3, -0.25) is 5.32 Å². The molecular formula is C17H20N2O3. The number of ether oxygens (including phenoxy) is 2. The molecule has 0 bridgehead atoms. The lowest BCUT2D eigenvalue weighted by molar-refractivity contribution is 0.186. The molecule has 1 aromatic heterocycles. The number of benzene rings is 1. The van der Waals surface area contributed by atoms with Gasteiger partial charge < -0.3 is 9.47 Å². The lowest BCUT2D eigenvalue weighted by atomic mass is 10.1. The number of carbonyl (C=O) groups is 1. The van der Waals surface area contributed by atoms with Crippen LogP contribution in [-0.4, -0.2) is 18.2 Å². The minimum absolute atomic E-state index is 0.480. The Morgan fingerprint density at radius 1 is 1.14 bits per heavy atom. The molecular weight excluding hydrogens is 280 g/mol. The van der Waals surface area contributed by atoms with Crippen LogP contribution in [0.1, 0.15) is 22.4 Å². The predicted octanol–water partition coefficient (Wildman–Crippen LogP) is 3.76. The van der Waals surface area contributed by atoms with Crippen molar-refractivity contribution >= 4 is 11.9 Å². The zero-order valence-electron chi connectivity index (χ0n) is 13.3. The van der Waals surface area contributed by atoms with Crippen LogP contribution in [0.25, 0.3) is 0 Å². The molecule has 5 nitrogen and oxygen atoms in total. The third-order valence-electron chi connectivity index (χ3n) is 3.50. The fourth-order valence-corrected chi connectivity index (χ4v) is 2.13. The maximum atomic E-state index is 11.3. The average Bonchev–Trinajstić information content (AvgIpc) is 2.53. The molecule has 1 aromatic carbocycles. The second-order valence-electron chi connectivity index (χ2n) is 5.02. The number of aryl methyl sites for hydroxylation is 1. The van der Waals surface area contributed by atoms with Gasteiger partial charge in [0.15, 0.2) is 0 Å². The molecule has 0 aliphatic rings. The van der Waals surface area contributed by atoms with Crippen LogP contribution in [0.15, 0.2) is 30.3 Å². The second-order valence-corrected chi connectivity index (χ2v) is 5.02. The minimum Gasteiger partial charge on any atom is -0.487 e. The first-order valence-corrected chi connectivity index (χ1v) is 7.02. The van der Waals surface area contributed by atoms with Crippen LogP contribution in [0.4, 0.5) is 10.6 Å². The summed E-state index contributed by atoms with van der Waals surface area (Å²) in [5, 5.41) is 2.61. The average molecular weight is 300 g/mol. The van der Waals surface area contributed by atoms with Crippen LogP contribution in [0, 0.1) is 20.8 Å². The van der Waals surface area contributed by atoms with E-state index in [1.807, 2.05) is 51.1 Å². The Kier molecular flexibility index (Phi) is 4.99. The molecule has 22 heavy (non-hydrogen) atoms. The number of pyridine rings is 1. The normalized spacial score (nSPS) is 10.2. The number of carbonyl (C=O) groups excluding carboxylic acids is 1. The van der Waals surface area contributed by atoms with E-state index in [1.165, 1.54) is 7.11 Å². The maximum absolute atomic E-state index is 11.3. The highest BCUT2D eigenvalue weighted by molar-refractivity contribution is 5.84. The molecule has 2 rings (SSSR count). The van der Waals surface area contributed by atoms with Crippen LogP contribution in [0.5, 0.6) is 5.75 Å². The molecule has 0 fully saturated rings. The largest absolute Gasteiger partial charge is 0.487 e. The summed E-state index contributed by atoms with van der Waals surface area (Å²) < 4.78 is 10.5. The fourth-order valence-electron chi connectivity index (χ4n) is 2.13. The molecule has 0 saturated carbocycles.